The minimum Gasteiger partial charge on any atom is -0.481 e. The summed E-state index contributed by atoms with van der Waals surface area (Å²) in [6, 6.07) is 0. The van der Waals surface area contributed by atoms with Crippen LogP contribution in [-0.4, -0.2) is 34.4 Å². The summed E-state index contributed by atoms with van der Waals surface area (Å²) in [6.07, 6.45) is 3.27. The molecule has 0 radical (unpaired) electrons. The van der Waals surface area contributed by atoms with E-state index in [-0.39, 0.29) is 18.6 Å². The fourth-order valence-electron chi connectivity index (χ4n) is 1.41. The van der Waals surface area contributed by atoms with Gasteiger partial charge in [-0.1, -0.05) is 0 Å². The number of carboxylic acids is 2. The molecule has 1 aliphatic rings. The van der Waals surface area contributed by atoms with Gasteiger partial charge in [-0.25, -0.2) is 4.79 Å². The number of hydrogen-bond donors (Lipinski definition) is 2. The van der Waals surface area contributed by atoms with E-state index < -0.39 is 11.9 Å². The average molecular weight is 200 g/mol. The summed E-state index contributed by atoms with van der Waals surface area (Å²) in [5, 5.41) is 16.8. The molecule has 2 unspecified atom stereocenters. The quantitative estimate of drug-likeness (QED) is 0.651. The monoisotopic (exact) mass is 200 g/mol. The second kappa shape index (κ2) is 4.76. The van der Waals surface area contributed by atoms with Gasteiger partial charge in [0.2, 0.25) is 0 Å². The molecule has 14 heavy (non-hydrogen) atoms. The average Bonchev–Trinajstić information content (AvgIpc) is 2.47. The highest BCUT2D eigenvalue weighted by Gasteiger charge is 2.25. The Balaban J connectivity index is 2.34. The number of ether oxygens (including phenoxy) is 1. The van der Waals surface area contributed by atoms with E-state index in [4.69, 9.17) is 14.9 Å². The molecule has 1 rings (SSSR count). The van der Waals surface area contributed by atoms with Crippen molar-refractivity contribution in [2.45, 2.75) is 31.5 Å². The first-order valence-corrected chi connectivity index (χ1v) is 4.36. The molecule has 0 bridgehead atoms. The number of carboxylic acid groups (broad SMARTS) is 2. The Bertz CT molecular complexity index is 258. The summed E-state index contributed by atoms with van der Waals surface area (Å²) >= 11 is 0. The van der Waals surface area contributed by atoms with E-state index in [1.807, 2.05) is 0 Å². The highest BCUT2D eigenvalue weighted by Crippen LogP contribution is 2.22. The van der Waals surface area contributed by atoms with Crippen LogP contribution in [-0.2, 0) is 14.3 Å². The maximum Gasteiger partial charge on any atom is 0.328 e. The molecule has 0 saturated carbocycles. The molecule has 2 N–H and O–H groups in total. The van der Waals surface area contributed by atoms with Crippen LogP contribution in [0.4, 0.5) is 0 Å². The Kier molecular flexibility index (Phi) is 3.64. The van der Waals surface area contributed by atoms with Gasteiger partial charge in [-0.15, -0.1) is 0 Å². The number of carbonyl (C=O) groups is 2. The van der Waals surface area contributed by atoms with Crippen LogP contribution < -0.4 is 0 Å². The molecule has 0 aromatic heterocycles. The highest BCUT2D eigenvalue weighted by atomic mass is 16.5. The third-order valence-electron chi connectivity index (χ3n) is 2.00. The van der Waals surface area contributed by atoms with Crippen molar-refractivity contribution in [2.75, 3.05) is 0 Å². The maximum atomic E-state index is 10.3. The molecule has 0 aliphatic carbocycles. The van der Waals surface area contributed by atoms with E-state index in [9.17, 15) is 9.59 Å². The molecule has 78 valence electrons. The molecule has 0 aromatic rings. The third-order valence-corrected chi connectivity index (χ3v) is 2.00. The van der Waals surface area contributed by atoms with Crippen LogP contribution in [0, 0.1) is 0 Å². The molecule has 5 nitrogen and oxygen atoms in total. The Morgan fingerprint density at radius 1 is 1.36 bits per heavy atom. The van der Waals surface area contributed by atoms with Gasteiger partial charge < -0.3 is 14.9 Å². The first kappa shape index (κ1) is 10.7. The summed E-state index contributed by atoms with van der Waals surface area (Å²) in [5.41, 5.74) is 0. The third kappa shape index (κ3) is 3.57. The topological polar surface area (TPSA) is 83.8 Å². The molecule has 1 aliphatic heterocycles. The van der Waals surface area contributed by atoms with Gasteiger partial charge in [0.1, 0.15) is 0 Å². The van der Waals surface area contributed by atoms with E-state index in [1.54, 1.807) is 0 Å². The lowest BCUT2D eigenvalue weighted by atomic mass is 10.1. The van der Waals surface area contributed by atoms with Gasteiger partial charge >= 0.3 is 11.9 Å². The highest BCUT2D eigenvalue weighted by molar-refractivity contribution is 5.79. The van der Waals surface area contributed by atoms with Gasteiger partial charge in [-0.3, -0.25) is 4.79 Å². The van der Waals surface area contributed by atoms with Crippen molar-refractivity contribution >= 4 is 11.9 Å². The minimum absolute atomic E-state index is 0.0165. The van der Waals surface area contributed by atoms with Crippen LogP contribution in [0.3, 0.4) is 0 Å². The van der Waals surface area contributed by atoms with E-state index in [0.29, 0.717) is 12.8 Å². The molecular weight excluding hydrogens is 188 g/mol. The summed E-state index contributed by atoms with van der Waals surface area (Å²) in [6.45, 7) is 0. The predicted molar refractivity (Wildman–Crippen MR) is 46.9 cm³/mol. The Morgan fingerprint density at radius 3 is 2.64 bits per heavy atom. The lowest BCUT2D eigenvalue weighted by Gasteiger charge is -2.07. The van der Waals surface area contributed by atoms with Crippen molar-refractivity contribution in [2.24, 2.45) is 0 Å². The van der Waals surface area contributed by atoms with E-state index in [1.165, 1.54) is 6.08 Å². The first-order chi connectivity index (χ1) is 6.58. The van der Waals surface area contributed by atoms with Gasteiger partial charge in [-0.2, -0.15) is 0 Å². The molecule has 1 heterocycles. The molecule has 0 spiro atoms. The van der Waals surface area contributed by atoms with E-state index >= 15 is 0 Å². The van der Waals surface area contributed by atoms with Gasteiger partial charge in [-0.05, 0) is 18.9 Å². The minimum atomic E-state index is -1.02. The summed E-state index contributed by atoms with van der Waals surface area (Å²) in [7, 11) is 0. The summed E-state index contributed by atoms with van der Waals surface area (Å²) < 4.78 is 5.29. The SMILES string of the molecule is O=C(O)C=CC1CCC(CC(=O)O)O1. The summed E-state index contributed by atoms with van der Waals surface area (Å²) in [4.78, 5) is 20.5. The fourth-order valence-corrected chi connectivity index (χ4v) is 1.41. The zero-order chi connectivity index (χ0) is 10.6. The van der Waals surface area contributed by atoms with Gasteiger partial charge in [0.15, 0.2) is 0 Å². The van der Waals surface area contributed by atoms with Gasteiger partial charge in [0.05, 0.1) is 18.6 Å². The van der Waals surface area contributed by atoms with Crippen molar-refractivity contribution < 1.29 is 24.5 Å². The second-order valence-corrected chi connectivity index (χ2v) is 3.17. The molecule has 1 saturated heterocycles. The normalized spacial score (nSPS) is 26.9. The van der Waals surface area contributed by atoms with Crippen molar-refractivity contribution in [3.63, 3.8) is 0 Å². The first-order valence-electron chi connectivity index (χ1n) is 4.36. The Labute approximate surface area is 81.0 Å². The van der Waals surface area contributed by atoms with Gasteiger partial charge in [0, 0.05) is 6.08 Å². The maximum absolute atomic E-state index is 10.3. The Morgan fingerprint density at radius 2 is 2.07 bits per heavy atom. The zero-order valence-electron chi connectivity index (χ0n) is 7.55. The van der Waals surface area contributed by atoms with Crippen molar-refractivity contribution in [3.8, 4) is 0 Å². The van der Waals surface area contributed by atoms with Crippen molar-refractivity contribution in [1.82, 2.24) is 0 Å². The molecule has 2 atom stereocenters. The van der Waals surface area contributed by atoms with Crippen LogP contribution in [0.15, 0.2) is 12.2 Å². The smallest absolute Gasteiger partial charge is 0.328 e. The number of hydrogen-bond acceptors (Lipinski definition) is 3. The van der Waals surface area contributed by atoms with Crippen molar-refractivity contribution in [1.29, 1.82) is 0 Å². The lowest BCUT2D eigenvalue weighted by Crippen LogP contribution is -2.13. The second-order valence-electron chi connectivity index (χ2n) is 3.17. The zero-order valence-corrected chi connectivity index (χ0v) is 7.55. The largest absolute Gasteiger partial charge is 0.481 e. The summed E-state index contributed by atoms with van der Waals surface area (Å²) in [5.74, 6) is -1.91. The molecule has 1 fully saturated rings. The van der Waals surface area contributed by atoms with E-state index in [0.717, 1.165) is 6.08 Å². The molecule has 0 amide bonds. The van der Waals surface area contributed by atoms with Crippen LogP contribution in [0.2, 0.25) is 0 Å². The number of aliphatic carboxylic acids is 2. The van der Waals surface area contributed by atoms with Crippen LogP contribution in [0.1, 0.15) is 19.3 Å². The standard InChI is InChI=1S/C9H12O5/c10-8(11)4-3-6-1-2-7(14-6)5-9(12)13/h3-4,6-7H,1-2,5H2,(H,10,11)(H,12,13). The molecule has 0 aromatic carbocycles. The number of rotatable bonds is 4. The fraction of sp³-hybridized carbons (Fsp3) is 0.556. The van der Waals surface area contributed by atoms with Crippen molar-refractivity contribution in [3.05, 3.63) is 12.2 Å². The lowest BCUT2D eigenvalue weighted by molar-refractivity contribution is -0.139. The van der Waals surface area contributed by atoms with Crippen LogP contribution in [0.5, 0.6) is 0 Å². The molecular formula is C9H12O5. The van der Waals surface area contributed by atoms with E-state index in [2.05, 4.69) is 0 Å². The predicted octanol–water partition coefficient (Wildman–Crippen LogP) is 0.650. The Hall–Kier alpha value is -1.36. The molecule has 5 heteroatoms. The van der Waals surface area contributed by atoms with Gasteiger partial charge in [0.25, 0.3) is 0 Å². The van der Waals surface area contributed by atoms with Crippen LogP contribution >= 0.6 is 0 Å². The van der Waals surface area contributed by atoms with Crippen LogP contribution in [0.25, 0.3) is 0 Å².